The number of rotatable bonds is 4. The molecule has 0 aliphatic rings. The second-order valence-electron chi connectivity index (χ2n) is 2.50. The van der Waals surface area contributed by atoms with Crippen LogP contribution in [0.25, 0.3) is 0 Å². The number of carboxylic acids is 1. The maximum Gasteiger partial charge on any atom is 0.341 e. The molecule has 74 valence electrons. The van der Waals surface area contributed by atoms with Gasteiger partial charge in [-0.1, -0.05) is 17.3 Å². The highest BCUT2D eigenvalue weighted by molar-refractivity contribution is 5.79. The van der Waals surface area contributed by atoms with Gasteiger partial charge >= 0.3 is 5.97 Å². The van der Waals surface area contributed by atoms with Crippen LogP contribution >= 0.6 is 0 Å². The van der Waals surface area contributed by atoms with Crippen LogP contribution in [0.4, 0.5) is 0 Å². The van der Waals surface area contributed by atoms with Gasteiger partial charge in [-0.15, -0.1) is 0 Å². The summed E-state index contributed by atoms with van der Waals surface area (Å²) in [6.07, 6.45) is 1.23. The van der Waals surface area contributed by atoms with E-state index in [4.69, 9.17) is 15.1 Å². The summed E-state index contributed by atoms with van der Waals surface area (Å²) in [5.74, 6) is -0.615. The third-order valence-corrected chi connectivity index (χ3v) is 1.43. The maximum atomic E-state index is 10.2. The average Bonchev–Trinajstić information content (AvgIpc) is 2.16. The molecule has 0 fully saturated rings. The molecule has 0 spiro atoms. The van der Waals surface area contributed by atoms with Crippen molar-refractivity contribution in [1.29, 1.82) is 0 Å². The van der Waals surface area contributed by atoms with Crippen LogP contribution in [-0.2, 0) is 4.79 Å². The van der Waals surface area contributed by atoms with Gasteiger partial charge in [-0.05, 0) is 17.7 Å². The molecule has 0 aliphatic heterocycles. The lowest BCUT2D eigenvalue weighted by molar-refractivity contribution is -0.139. The normalized spacial score (nSPS) is 10.3. The monoisotopic (exact) mass is 195 g/mol. The molecule has 0 saturated carbocycles. The Labute approximate surface area is 80.2 Å². The van der Waals surface area contributed by atoms with Crippen molar-refractivity contribution in [3.8, 4) is 5.75 Å². The van der Waals surface area contributed by atoms with Gasteiger partial charge in [-0.25, -0.2) is 4.79 Å². The van der Waals surface area contributed by atoms with E-state index in [2.05, 4.69) is 5.16 Å². The summed E-state index contributed by atoms with van der Waals surface area (Å²) in [6, 6.07) is 6.57. The molecule has 0 saturated heterocycles. The summed E-state index contributed by atoms with van der Waals surface area (Å²) in [6.45, 7) is -0.389. The van der Waals surface area contributed by atoms with Crippen LogP contribution in [0.1, 0.15) is 5.56 Å². The molecule has 5 nitrogen and oxygen atoms in total. The number of aliphatic carboxylic acids is 1. The number of hydrogen-bond donors (Lipinski definition) is 2. The maximum absolute atomic E-state index is 10.2. The third kappa shape index (κ3) is 3.14. The minimum Gasteiger partial charge on any atom is -0.482 e. The van der Waals surface area contributed by atoms with Crippen molar-refractivity contribution in [2.24, 2.45) is 5.16 Å². The summed E-state index contributed by atoms with van der Waals surface area (Å²) in [5.41, 5.74) is 0.635. The van der Waals surface area contributed by atoms with Gasteiger partial charge in [0.25, 0.3) is 0 Å². The topological polar surface area (TPSA) is 79.1 Å². The lowest BCUT2D eigenvalue weighted by Gasteiger charge is -2.02. The summed E-state index contributed by atoms with van der Waals surface area (Å²) >= 11 is 0. The largest absolute Gasteiger partial charge is 0.482 e. The van der Waals surface area contributed by atoms with Crippen molar-refractivity contribution < 1.29 is 19.8 Å². The van der Waals surface area contributed by atoms with Crippen LogP contribution in [0, 0.1) is 0 Å². The number of hydrogen-bond acceptors (Lipinski definition) is 4. The molecule has 0 unspecified atom stereocenters. The Morgan fingerprint density at radius 1 is 1.57 bits per heavy atom. The lowest BCUT2D eigenvalue weighted by Crippen LogP contribution is -2.09. The summed E-state index contributed by atoms with van der Waals surface area (Å²) in [5, 5.41) is 19.5. The molecule has 14 heavy (non-hydrogen) atoms. The summed E-state index contributed by atoms with van der Waals surface area (Å²) in [7, 11) is 0. The highest BCUT2D eigenvalue weighted by atomic mass is 16.5. The molecule has 0 amide bonds. The summed E-state index contributed by atoms with van der Waals surface area (Å²) in [4.78, 5) is 10.2. The van der Waals surface area contributed by atoms with Crippen LogP contribution in [0.15, 0.2) is 29.4 Å². The van der Waals surface area contributed by atoms with Gasteiger partial charge in [-0.3, -0.25) is 0 Å². The zero-order chi connectivity index (χ0) is 10.4. The second kappa shape index (κ2) is 4.86. The zero-order valence-electron chi connectivity index (χ0n) is 7.25. The Morgan fingerprint density at radius 2 is 2.36 bits per heavy atom. The average molecular weight is 195 g/mol. The first-order valence-corrected chi connectivity index (χ1v) is 3.84. The summed E-state index contributed by atoms with van der Waals surface area (Å²) < 4.78 is 4.91. The number of carbonyl (C=O) groups is 1. The fourth-order valence-electron chi connectivity index (χ4n) is 0.896. The van der Waals surface area contributed by atoms with E-state index in [1.165, 1.54) is 6.21 Å². The van der Waals surface area contributed by atoms with E-state index < -0.39 is 5.97 Å². The molecular weight excluding hydrogens is 186 g/mol. The molecule has 5 heteroatoms. The van der Waals surface area contributed by atoms with Gasteiger partial charge in [0.05, 0.1) is 6.21 Å². The van der Waals surface area contributed by atoms with Crippen molar-refractivity contribution in [2.75, 3.05) is 6.61 Å². The second-order valence-corrected chi connectivity index (χ2v) is 2.50. The minimum atomic E-state index is -1.04. The molecule has 0 bridgehead atoms. The third-order valence-electron chi connectivity index (χ3n) is 1.43. The van der Waals surface area contributed by atoms with E-state index in [1.807, 2.05) is 0 Å². The highest BCUT2D eigenvalue weighted by Gasteiger charge is 1.99. The van der Waals surface area contributed by atoms with E-state index in [0.717, 1.165) is 0 Å². The number of carboxylic acid groups (broad SMARTS) is 1. The number of ether oxygens (including phenoxy) is 1. The molecule has 1 aromatic carbocycles. The van der Waals surface area contributed by atoms with Crippen LogP contribution in [0.5, 0.6) is 5.75 Å². The first-order valence-electron chi connectivity index (χ1n) is 3.84. The van der Waals surface area contributed by atoms with Crippen LogP contribution in [0.3, 0.4) is 0 Å². The smallest absolute Gasteiger partial charge is 0.341 e. The molecule has 0 heterocycles. The van der Waals surface area contributed by atoms with Crippen molar-refractivity contribution in [3.05, 3.63) is 29.8 Å². The van der Waals surface area contributed by atoms with Crippen molar-refractivity contribution in [1.82, 2.24) is 0 Å². The van der Waals surface area contributed by atoms with E-state index in [9.17, 15) is 4.79 Å². The predicted molar refractivity (Wildman–Crippen MR) is 49.0 cm³/mol. The Kier molecular flexibility index (Phi) is 3.49. The van der Waals surface area contributed by atoms with Gasteiger partial charge in [0.15, 0.2) is 6.61 Å². The quantitative estimate of drug-likeness (QED) is 0.426. The van der Waals surface area contributed by atoms with Crippen LogP contribution < -0.4 is 4.74 Å². The van der Waals surface area contributed by atoms with Crippen molar-refractivity contribution in [3.63, 3.8) is 0 Å². The molecule has 2 N–H and O–H groups in total. The molecule has 0 radical (unpaired) electrons. The zero-order valence-corrected chi connectivity index (χ0v) is 7.25. The number of nitrogens with zero attached hydrogens (tertiary/aromatic N) is 1. The minimum absolute atomic E-state index is 0.389. The Morgan fingerprint density at radius 3 is 3.00 bits per heavy atom. The molecule has 0 atom stereocenters. The predicted octanol–water partition coefficient (Wildman–Crippen LogP) is 0.958. The molecule has 0 aliphatic carbocycles. The molecule has 1 aromatic rings. The van der Waals surface area contributed by atoms with E-state index >= 15 is 0 Å². The molecule has 1 rings (SSSR count). The Hall–Kier alpha value is -2.04. The Bertz CT molecular complexity index is 348. The number of oxime groups is 1. The first-order chi connectivity index (χ1) is 6.72. The van der Waals surface area contributed by atoms with Crippen LogP contribution in [0.2, 0.25) is 0 Å². The fraction of sp³-hybridized carbons (Fsp3) is 0.111. The van der Waals surface area contributed by atoms with Gasteiger partial charge in [0.2, 0.25) is 0 Å². The van der Waals surface area contributed by atoms with Gasteiger partial charge in [0.1, 0.15) is 5.75 Å². The highest BCUT2D eigenvalue weighted by Crippen LogP contribution is 2.11. The van der Waals surface area contributed by atoms with Gasteiger partial charge in [-0.2, -0.15) is 0 Å². The van der Waals surface area contributed by atoms with E-state index in [-0.39, 0.29) is 6.61 Å². The Balaban J connectivity index is 2.68. The molecular formula is C9H9NO4. The fourth-order valence-corrected chi connectivity index (χ4v) is 0.896. The van der Waals surface area contributed by atoms with E-state index in [1.54, 1.807) is 24.3 Å². The van der Waals surface area contributed by atoms with Gasteiger partial charge < -0.3 is 15.1 Å². The SMILES string of the molecule is O=C(O)COc1cccc(C=NO)c1. The standard InChI is InChI=1S/C9H9NO4/c11-9(12)6-14-8-3-1-2-7(4-8)5-10-13/h1-5,13H,6H2,(H,11,12). The van der Waals surface area contributed by atoms with Crippen molar-refractivity contribution in [2.45, 2.75) is 0 Å². The van der Waals surface area contributed by atoms with Gasteiger partial charge in [0, 0.05) is 0 Å². The first kappa shape index (κ1) is 10.0. The lowest BCUT2D eigenvalue weighted by atomic mass is 10.2. The van der Waals surface area contributed by atoms with Crippen LogP contribution in [-0.4, -0.2) is 29.1 Å². The molecule has 0 aromatic heterocycles. The van der Waals surface area contributed by atoms with E-state index in [0.29, 0.717) is 11.3 Å². The number of benzene rings is 1. The van der Waals surface area contributed by atoms with Crippen molar-refractivity contribution >= 4 is 12.2 Å².